The Kier molecular flexibility index (Phi) is 6.07. The van der Waals surface area contributed by atoms with Crippen LogP contribution >= 0.6 is 11.8 Å². The van der Waals surface area contributed by atoms with Gasteiger partial charge in [-0.25, -0.2) is 0 Å². The molecule has 0 saturated heterocycles. The third-order valence-corrected chi connectivity index (χ3v) is 4.00. The molecule has 1 unspecified atom stereocenters. The van der Waals surface area contributed by atoms with E-state index < -0.39 is 0 Å². The van der Waals surface area contributed by atoms with Crippen LogP contribution in [-0.4, -0.2) is 11.5 Å². The zero-order chi connectivity index (χ0) is 11.1. The summed E-state index contributed by atoms with van der Waals surface area (Å²) in [6.45, 7) is 4.32. The Labute approximate surface area is 97.7 Å². The van der Waals surface area contributed by atoms with Gasteiger partial charge < -0.3 is 0 Å². The second kappa shape index (κ2) is 7.10. The van der Waals surface area contributed by atoms with Crippen LogP contribution in [0.3, 0.4) is 0 Å². The Morgan fingerprint density at radius 2 is 2.27 bits per heavy atom. The predicted molar refractivity (Wildman–Crippen MR) is 68.1 cm³/mol. The van der Waals surface area contributed by atoms with Crippen LogP contribution in [0.2, 0.25) is 0 Å². The lowest BCUT2D eigenvalue weighted by Gasteiger charge is -2.21. The van der Waals surface area contributed by atoms with Gasteiger partial charge in [-0.15, -0.1) is 11.8 Å². The van der Waals surface area contributed by atoms with Crippen LogP contribution in [-0.2, 0) is 4.79 Å². The van der Waals surface area contributed by atoms with E-state index in [0.29, 0.717) is 11.7 Å². The van der Waals surface area contributed by atoms with Gasteiger partial charge in [0, 0.05) is 11.5 Å². The van der Waals surface area contributed by atoms with E-state index >= 15 is 0 Å². The van der Waals surface area contributed by atoms with Crippen LogP contribution in [0.15, 0.2) is 11.0 Å². The number of rotatable bonds is 5. The number of carbonyl (C=O) groups is 1. The predicted octanol–water partition coefficient (Wildman–Crippen LogP) is 4.18. The highest BCUT2D eigenvalue weighted by Gasteiger charge is 2.24. The lowest BCUT2D eigenvalue weighted by atomic mass is 9.83. The first-order valence-electron chi connectivity index (χ1n) is 6.14. The highest BCUT2D eigenvalue weighted by molar-refractivity contribution is 8.02. The van der Waals surface area contributed by atoms with E-state index in [1.807, 2.05) is 11.8 Å². The molecule has 0 heterocycles. The van der Waals surface area contributed by atoms with E-state index in [0.717, 1.165) is 30.6 Å². The Balaban J connectivity index is 2.42. The lowest BCUT2D eigenvalue weighted by Crippen LogP contribution is -2.20. The fraction of sp³-hybridized carbons (Fsp3) is 0.769. The molecule has 1 nitrogen and oxygen atoms in total. The van der Waals surface area contributed by atoms with Gasteiger partial charge in [0.25, 0.3) is 0 Å². The van der Waals surface area contributed by atoms with Gasteiger partial charge in [-0.05, 0) is 43.3 Å². The molecule has 0 N–H and O–H groups in total. The highest BCUT2D eigenvalue weighted by Crippen LogP contribution is 2.28. The van der Waals surface area contributed by atoms with Crippen molar-refractivity contribution in [1.82, 2.24) is 0 Å². The Morgan fingerprint density at radius 1 is 1.47 bits per heavy atom. The fourth-order valence-corrected chi connectivity index (χ4v) is 2.96. The average Bonchev–Trinajstić information content (AvgIpc) is 2.26. The SMILES string of the molecule is CCCCS/C=C1\CCCC(CC)C1=O. The first kappa shape index (κ1) is 12.8. The van der Waals surface area contributed by atoms with Crippen LogP contribution in [0.5, 0.6) is 0 Å². The number of thioether (sulfide) groups is 1. The van der Waals surface area contributed by atoms with Gasteiger partial charge in [0.15, 0.2) is 5.78 Å². The molecule has 86 valence electrons. The van der Waals surface area contributed by atoms with Crippen LogP contribution in [0.25, 0.3) is 0 Å². The molecule has 0 amide bonds. The van der Waals surface area contributed by atoms with Crippen molar-refractivity contribution in [2.45, 2.75) is 52.4 Å². The summed E-state index contributed by atoms with van der Waals surface area (Å²) in [4.78, 5) is 11.9. The number of Topliss-reactive ketones (excluding diaryl/α,β-unsaturated/α-hetero) is 1. The summed E-state index contributed by atoms with van der Waals surface area (Å²) in [7, 11) is 0. The Hall–Kier alpha value is -0.240. The second-order valence-electron chi connectivity index (χ2n) is 4.23. The zero-order valence-corrected chi connectivity index (χ0v) is 10.7. The molecule has 1 aliphatic rings. The molecule has 15 heavy (non-hydrogen) atoms. The summed E-state index contributed by atoms with van der Waals surface area (Å²) >= 11 is 1.82. The van der Waals surface area contributed by atoms with Gasteiger partial charge in [0.05, 0.1) is 0 Å². The Morgan fingerprint density at radius 3 is 2.93 bits per heavy atom. The van der Waals surface area contributed by atoms with Gasteiger partial charge in [0.1, 0.15) is 0 Å². The van der Waals surface area contributed by atoms with Crippen molar-refractivity contribution in [2.75, 3.05) is 5.75 Å². The molecule has 0 aromatic heterocycles. The molecule has 0 aromatic carbocycles. The summed E-state index contributed by atoms with van der Waals surface area (Å²) in [6, 6.07) is 0. The van der Waals surface area contributed by atoms with Crippen LogP contribution in [0.1, 0.15) is 52.4 Å². The van der Waals surface area contributed by atoms with Gasteiger partial charge in [0.2, 0.25) is 0 Å². The third kappa shape index (κ3) is 4.02. The molecule has 1 atom stereocenters. The average molecular weight is 226 g/mol. The van der Waals surface area contributed by atoms with E-state index in [1.165, 1.54) is 19.3 Å². The van der Waals surface area contributed by atoms with Crippen molar-refractivity contribution in [3.05, 3.63) is 11.0 Å². The van der Waals surface area contributed by atoms with Crippen LogP contribution in [0, 0.1) is 5.92 Å². The fourth-order valence-electron chi connectivity index (χ4n) is 1.95. The van der Waals surface area contributed by atoms with Crippen molar-refractivity contribution >= 4 is 17.5 Å². The summed E-state index contributed by atoms with van der Waals surface area (Å²) in [6.07, 6.45) is 6.81. The molecule has 1 saturated carbocycles. The number of hydrogen-bond acceptors (Lipinski definition) is 2. The van der Waals surface area contributed by atoms with Crippen LogP contribution < -0.4 is 0 Å². The molecular formula is C13H22OS. The number of unbranched alkanes of at least 4 members (excludes halogenated alkanes) is 1. The van der Waals surface area contributed by atoms with Crippen molar-refractivity contribution in [3.63, 3.8) is 0 Å². The second-order valence-corrected chi connectivity index (χ2v) is 5.21. The van der Waals surface area contributed by atoms with Gasteiger partial charge in [-0.1, -0.05) is 20.3 Å². The molecule has 1 fully saturated rings. The van der Waals surface area contributed by atoms with Crippen LogP contribution in [0.4, 0.5) is 0 Å². The quantitative estimate of drug-likeness (QED) is 0.516. The largest absolute Gasteiger partial charge is 0.294 e. The normalized spacial score (nSPS) is 24.8. The van der Waals surface area contributed by atoms with E-state index in [9.17, 15) is 4.79 Å². The van der Waals surface area contributed by atoms with Gasteiger partial charge >= 0.3 is 0 Å². The maximum Gasteiger partial charge on any atom is 0.162 e. The monoisotopic (exact) mass is 226 g/mol. The maximum atomic E-state index is 11.9. The minimum Gasteiger partial charge on any atom is -0.294 e. The highest BCUT2D eigenvalue weighted by atomic mass is 32.2. The van der Waals surface area contributed by atoms with E-state index in [4.69, 9.17) is 0 Å². The van der Waals surface area contributed by atoms with Gasteiger partial charge in [-0.2, -0.15) is 0 Å². The topological polar surface area (TPSA) is 17.1 Å². The molecule has 0 aromatic rings. The number of carbonyl (C=O) groups excluding carboxylic acids is 1. The van der Waals surface area contributed by atoms with E-state index in [-0.39, 0.29) is 0 Å². The summed E-state index contributed by atoms with van der Waals surface area (Å²) in [5.74, 6) is 1.90. The lowest BCUT2D eigenvalue weighted by molar-refractivity contribution is -0.120. The minimum absolute atomic E-state index is 0.316. The molecular weight excluding hydrogens is 204 g/mol. The van der Waals surface area contributed by atoms with E-state index in [2.05, 4.69) is 19.3 Å². The van der Waals surface area contributed by atoms with Gasteiger partial charge in [-0.3, -0.25) is 4.79 Å². The van der Waals surface area contributed by atoms with Crippen molar-refractivity contribution in [1.29, 1.82) is 0 Å². The molecule has 0 radical (unpaired) electrons. The summed E-state index contributed by atoms with van der Waals surface area (Å²) in [5, 5.41) is 2.12. The first-order chi connectivity index (χ1) is 7.29. The zero-order valence-electron chi connectivity index (χ0n) is 9.92. The first-order valence-corrected chi connectivity index (χ1v) is 7.19. The summed E-state index contributed by atoms with van der Waals surface area (Å²) in [5.41, 5.74) is 1.09. The van der Waals surface area contributed by atoms with E-state index in [1.54, 1.807) is 0 Å². The molecule has 1 rings (SSSR count). The molecule has 1 aliphatic carbocycles. The summed E-state index contributed by atoms with van der Waals surface area (Å²) < 4.78 is 0. The maximum absolute atomic E-state index is 11.9. The smallest absolute Gasteiger partial charge is 0.162 e. The minimum atomic E-state index is 0.316. The molecule has 0 bridgehead atoms. The van der Waals surface area contributed by atoms with Crippen molar-refractivity contribution in [2.24, 2.45) is 5.92 Å². The molecule has 0 spiro atoms. The number of allylic oxidation sites excluding steroid dienone is 1. The van der Waals surface area contributed by atoms with Crippen molar-refractivity contribution < 1.29 is 4.79 Å². The third-order valence-electron chi connectivity index (χ3n) is 3.02. The molecule has 0 aliphatic heterocycles. The number of hydrogen-bond donors (Lipinski definition) is 0. The molecule has 2 heteroatoms. The Bertz CT molecular complexity index is 233. The van der Waals surface area contributed by atoms with Crippen molar-refractivity contribution in [3.8, 4) is 0 Å². The number of ketones is 1. The standard InChI is InChI=1S/C13H22OS/c1-3-5-9-15-10-12-8-6-7-11(4-2)13(12)14/h10-11H,3-9H2,1-2H3/b12-10+.